The highest BCUT2D eigenvalue weighted by Gasteiger charge is 2.53. The van der Waals surface area contributed by atoms with Gasteiger partial charge in [-0.15, -0.1) is 0 Å². The van der Waals surface area contributed by atoms with E-state index in [2.05, 4.69) is 61.7 Å². The van der Waals surface area contributed by atoms with Gasteiger partial charge in [0.15, 0.2) is 0 Å². The molecule has 1 fully saturated rings. The highest BCUT2D eigenvalue weighted by molar-refractivity contribution is 6.04. The highest BCUT2D eigenvalue weighted by Crippen LogP contribution is 2.57. The largest absolute Gasteiger partial charge is 0.356 e. The van der Waals surface area contributed by atoms with Gasteiger partial charge in [0.05, 0.1) is 5.71 Å². The fourth-order valence-electron chi connectivity index (χ4n) is 5.52. The van der Waals surface area contributed by atoms with Gasteiger partial charge >= 0.3 is 0 Å². The lowest BCUT2D eigenvalue weighted by Gasteiger charge is -2.55. The molecule has 1 aromatic carbocycles. The third-order valence-corrected chi connectivity index (χ3v) is 7.18. The Labute approximate surface area is 174 Å². The van der Waals surface area contributed by atoms with Crippen LogP contribution in [0.15, 0.2) is 23.3 Å². The fourth-order valence-corrected chi connectivity index (χ4v) is 5.52. The summed E-state index contributed by atoms with van der Waals surface area (Å²) in [6.45, 7) is 12.8. The van der Waals surface area contributed by atoms with E-state index in [9.17, 15) is 9.59 Å². The molecule has 2 aliphatic rings. The van der Waals surface area contributed by atoms with Crippen molar-refractivity contribution in [2.75, 3.05) is 6.54 Å². The van der Waals surface area contributed by atoms with Crippen LogP contribution in [0.1, 0.15) is 89.8 Å². The van der Waals surface area contributed by atoms with Gasteiger partial charge in [-0.3, -0.25) is 9.59 Å². The first-order valence-electron chi connectivity index (χ1n) is 10.8. The van der Waals surface area contributed by atoms with Crippen molar-refractivity contribution < 1.29 is 9.59 Å². The first-order valence-corrected chi connectivity index (χ1v) is 10.8. The van der Waals surface area contributed by atoms with Crippen LogP contribution in [0.4, 0.5) is 0 Å². The zero-order valence-electron chi connectivity index (χ0n) is 18.7. The Morgan fingerprint density at radius 3 is 2.52 bits per heavy atom. The number of carbonyl (C=O) groups is 2. The van der Waals surface area contributed by atoms with Crippen molar-refractivity contribution in [1.29, 1.82) is 0 Å². The van der Waals surface area contributed by atoms with Crippen LogP contribution in [0.2, 0.25) is 0 Å². The lowest BCUT2D eigenvalue weighted by molar-refractivity contribution is -0.120. The predicted molar refractivity (Wildman–Crippen MR) is 117 cm³/mol. The topological polar surface area (TPSA) is 70.6 Å². The monoisotopic (exact) mass is 397 g/mol. The standard InChI is InChI=1S/C24H35N3O2/c1-15(2)18-8-9-20-19(12-18)21(27-26-17(4)29)13-22-23(5,14-25-16(3)28)10-7-11-24(20,22)6/h8-9,12,15,22H,7,10-11,13-14H2,1-6H3,(H,25,28)(H,26,29)/b27-21+/t22-,23-,24+/m0/s1. The van der Waals surface area contributed by atoms with Gasteiger partial charge in [0.1, 0.15) is 0 Å². The molecule has 0 aromatic heterocycles. The maximum absolute atomic E-state index is 11.6. The molecule has 0 spiro atoms. The molecule has 0 unspecified atom stereocenters. The van der Waals surface area contributed by atoms with Gasteiger partial charge in [-0.2, -0.15) is 5.10 Å². The van der Waals surface area contributed by atoms with Crippen molar-refractivity contribution in [3.05, 3.63) is 34.9 Å². The van der Waals surface area contributed by atoms with Gasteiger partial charge in [0, 0.05) is 26.0 Å². The van der Waals surface area contributed by atoms with Crippen LogP contribution in [0, 0.1) is 11.3 Å². The molecule has 2 aliphatic carbocycles. The van der Waals surface area contributed by atoms with Crippen LogP contribution in [-0.4, -0.2) is 24.1 Å². The summed E-state index contributed by atoms with van der Waals surface area (Å²) in [6, 6.07) is 6.79. The van der Waals surface area contributed by atoms with Gasteiger partial charge in [-0.05, 0) is 59.1 Å². The Bertz CT molecular complexity index is 845. The number of fused-ring (bicyclic) bond motifs is 3. The second-order valence-corrected chi connectivity index (χ2v) is 9.78. The van der Waals surface area contributed by atoms with E-state index in [0.29, 0.717) is 18.4 Å². The van der Waals surface area contributed by atoms with Gasteiger partial charge in [0.25, 0.3) is 0 Å². The van der Waals surface area contributed by atoms with Crippen LogP contribution in [0.25, 0.3) is 0 Å². The number of nitrogens with zero attached hydrogens (tertiary/aromatic N) is 1. The van der Waals surface area contributed by atoms with Crippen molar-refractivity contribution in [2.24, 2.45) is 16.4 Å². The Hall–Kier alpha value is -2.17. The third-order valence-electron chi connectivity index (χ3n) is 7.18. The summed E-state index contributed by atoms with van der Waals surface area (Å²) in [6.07, 6.45) is 4.17. The molecule has 0 aliphatic heterocycles. The number of hydrazone groups is 1. The average molecular weight is 398 g/mol. The summed E-state index contributed by atoms with van der Waals surface area (Å²) in [5, 5.41) is 7.61. The molecule has 0 radical (unpaired) electrons. The van der Waals surface area contributed by atoms with Crippen LogP contribution < -0.4 is 10.7 Å². The van der Waals surface area contributed by atoms with E-state index in [4.69, 9.17) is 0 Å². The summed E-state index contributed by atoms with van der Waals surface area (Å²) in [4.78, 5) is 23.2. The molecular weight excluding hydrogens is 362 g/mol. The Morgan fingerprint density at radius 1 is 1.17 bits per heavy atom. The van der Waals surface area contributed by atoms with Gasteiger partial charge in [-0.25, -0.2) is 5.43 Å². The van der Waals surface area contributed by atoms with E-state index in [1.165, 1.54) is 23.6 Å². The number of nitrogens with one attached hydrogen (secondary N) is 2. The quantitative estimate of drug-likeness (QED) is 0.746. The maximum atomic E-state index is 11.6. The summed E-state index contributed by atoms with van der Waals surface area (Å²) in [5.74, 6) is 0.644. The lowest BCUT2D eigenvalue weighted by atomic mass is 9.49. The Balaban J connectivity index is 2.11. The first-order chi connectivity index (χ1) is 13.6. The van der Waals surface area contributed by atoms with E-state index >= 15 is 0 Å². The molecule has 158 valence electrons. The van der Waals surface area contributed by atoms with Crippen LogP contribution in [0.5, 0.6) is 0 Å². The first kappa shape index (κ1) is 21.5. The summed E-state index contributed by atoms with van der Waals surface area (Å²) in [7, 11) is 0. The number of amides is 2. The Kier molecular flexibility index (Phi) is 5.88. The van der Waals surface area contributed by atoms with Crippen molar-refractivity contribution in [3.8, 4) is 0 Å². The van der Waals surface area contributed by atoms with Crippen molar-refractivity contribution in [3.63, 3.8) is 0 Å². The third kappa shape index (κ3) is 4.10. The molecule has 0 heterocycles. The fraction of sp³-hybridized carbons (Fsp3) is 0.625. The molecule has 0 bridgehead atoms. The number of hydrogen-bond acceptors (Lipinski definition) is 3. The van der Waals surface area contributed by atoms with Gasteiger partial charge < -0.3 is 5.32 Å². The zero-order valence-corrected chi connectivity index (χ0v) is 18.7. The zero-order chi connectivity index (χ0) is 21.4. The molecular formula is C24H35N3O2. The molecule has 0 saturated heterocycles. The molecule has 3 atom stereocenters. The predicted octanol–water partition coefficient (Wildman–Crippen LogP) is 4.25. The summed E-state index contributed by atoms with van der Waals surface area (Å²) < 4.78 is 0. The number of benzene rings is 1. The van der Waals surface area contributed by atoms with Crippen LogP contribution in [-0.2, 0) is 15.0 Å². The molecule has 5 heteroatoms. The minimum absolute atomic E-state index is 0.00985. The average Bonchev–Trinajstić information content (AvgIpc) is 2.65. The van der Waals surface area contributed by atoms with Gasteiger partial charge in [0.2, 0.25) is 11.8 Å². The highest BCUT2D eigenvalue weighted by atomic mass is 16.2. The molecule has 1 aromatic rings. The van der Waals surface area contributed by atoms with Gasteiger partial charge in [-0.1, -0.05) is 46.2 Å². The number of carbonyl (C=O) groups excluding carboxylic acids is 2. The summed E-state index contributed by atoms with van der Waals surface area (Å²) >= 11 is 0. The second kappa shape index (κ2) is 7.92. The Morgan fingerprint density at radius 2 is 1.90 bits per heavy atom. The molecule has 2 N–H and O–H groups in total. The smallest absolute Gasteiger partial charge is 0.236 e. The number of rotatable bonds is 4. The molecule has 3 rings (SSSR count). The molecule has 2 amide bonds. The lowest BCUT2D eigenvalue weighted by Crippen LogP contribution is -2.54. The second-order valence-electron chi connectivity index (χ2n) is 9.78. The van der Waals surface area contributed by atoms with E-state index in [1.807, 2.05) is 0 Å². The SMILES string of the molecule is CC(=O)NC[C@]1(C)CCC[C@]2(C)c3ccc(C(C)C)cc3/C(=N/NC(C)=O)C[C@@H]12. The van der Waals surface area contributed by atoms with Crippen LogP contribution in [0.3, 0.4) is 0 Å². The summed E-state index contributed by atoms with van der Waals surface area (Å²) in [5.41, 5.74) is 7.44. The molecule has 1 saturated carbocycles. The molecule has 29 heavy (non-hydrogen) atoms. The normalized spacial score (nSPS) is 29.9. The van der Waals surface area contributed by atoms with Crippen molar-refractivity contribution >= 4 is 17.5 Å². The maximum Gasteiger partial charge on any atom is 0.236 e. The van der Waals surface area contributed by atoms with Crippen LogP contribution >= 0.6 is 0 Å². The van der Waals surface area contributed by atoms with E-state index in [0.717, 1.165) is 31.4 Å². The minimum atomic E-state index is -0.156. The van der Waals surface area contributed by atoms with Crippen molar-refractivity contribution in [1.82, 2.24) is 10.7 Å². The number of hydrogen-bond donors (Lipinski definition) is 2. The van der Waals surface area contributed by atoms with E-state index < -0.39 is 0 Å². The molecule has 5 nitrogen and oxygen atoms in total. The van der Waals surface area contributed by atoms with E-state index in [-0.39, 0.29) is 22.6 Å². The van der Waals surface area contributed by atoms with Crippen molar-refractivity contribution in [2.45, 2.75) is 78.6 Å². The van der Waals surface area contributed by atoms with E-state index in [1.54, 1.807) is 6.92 Å². The minimum Gasteiger partial charge on any atom is -0.356 e.